The lowest BCUT2D eigenvalue weighted by Gasteiger charge is -2.18. The fourth-order valence-electron chi connectivity index (χ4n) is 3.76. The van der Waals surface area contributed by atoms with Crippen LogP contribution >= 0.6 is 0 Å². The topological polar surface area (TPSA) is 78.5 Å². The van der Waals surface area contributed by atoms with Crippen LogP contribution in [0.4, 0.5) is 15.8 Å². The van der Waals surface area contributed by atoms with E-state index >= 15 is 0 Å². The summed E-state index contributed by atoms with van der Waals surface area (Å²) in [6.45, 7) is 2.29. The van der Waals surface area contributed by atoms with E-state index in [1.54, 1.807) is 6.07 Å². The first-order chi connectivity index (χ1) is 15.4. The molecule has 0 radical (unpaired) electrons. The van der Waals surface area contributed by atoms with Crippen molar-refractivity contribution in [2.75, 3.05) is 29.3 Å². The zero-order valence-electron chi connectivity index (χ0n) is 17.4. The van der Waals surface area contributed by atoms with Crippen LogP contribution in [0.3, 0.4) is 0 Å². The molecule has 1 saturated heterocycles. The standard InChI is InChI=1S/C24H24FN3O3S/c25-22-11-4-5-12-23(22)27-32(30,31)21-10-6-7-19(15-21)24(29)26-16-18-13-14-28(17-18)20-8-2-1-3-9-20/h1-12,15,18,27H,13-14,16-17H2,(H,26,29). The minimum absolute atomic E-state index is 0.107. The van der Waals surface area contributed by atoms with Gasteiger partial charge in [-0.25, -0.2) is 12.8 Å². The predicted octanol–water partition coefficient (Wildman–Crippen LogP) is 3.88. The van der Waals surface area contributed by atoms with Gasteiger partial charge in [0.25, 0.3) is 15.9 Å². The molecule has 1 heterocycles. The van der Waals surface area contributed by atoms with E-state index < -0.39 is 15.8 Å². The molecule has 8 heteroatoms. The summed E-state index contributed by atoms with van der Waals surface area (Å²) in [5.41, 5.74) is 1.26. The molecule has 0 bridgehead atoms. The minimum Gasteiger partial charge on any atom is -0.371 e. The molecule has 6 nitrogen and oxygen atoms in total. The number of para-hydroxylation sites is 2. The molecule has 1 amide bonds. The molecule has 1 aliphatic heterocycles. The summed E-state index contributed by atoms with van der Waals surface area (Å²) < 4.78 is 41.4. The van der Waals surface area contributed by atoms with Crippen LogP contribution in [-0.4, -0.2) is 34.0 Å². The number of carbonyl (C=O) groups is 1. The lowest BCUT2D eigenvalue weighted by molar-refractivity contribution is 0.0948. The first-order valence-electron chi connectivity index (χ1n) is 10.4. The van der Waals surface area contributed by atoms with Crippen LogP contribution in [0.1, 0.15) is 16.8 Å². The smallest absolute Gasteiger partial charge is 0.262 e. The van der Waals surface area contributed by atoms with E-state index in [9.17, 15) is 17.6 Å². The second kappa shape index (κ2) is 9.40. The summed E-state index contributed by atoms with van der Waals surface area (Å²) in [6.07, 6.45) is 0.968. The molecule has 1 fully saturated rings. The highest BCUT2D eigenvalue weighted by molar-refractivity contribution is 7.92. The number of anilines is 2. The first kappa shape index (κ1) is 21.8. The Morgan fingerprint density at radius 2 is 1.75 bits per heavy atom. The van der Waals surface area contributed by atoms with Gasteiger partial charge in [0.05, 0.1) is 10.6 Å². The Bertz CT molecular complexity index is 1200. The summed E-state index contributed by atoms with van der Waals surface area (Å²) in [5.74, 6) is -0.703. The summed E-state index contributed by atoms with van der Waals surface area (Å²) in [4.78, 5) is 14.8. The number of nitrogens with zero attached hydrogens (tertiary/aromatic N) is 1. The zero-order valence-corrected chi connectivity index (χ0v) is 18.2. The van der Waals surface area contributed by atoms with Gasteiger partial charge >= 0.3 is 0 Å². The van der Waals surface area contributed by atoms with Crippen LogP contribution in [0.25, 0.3) is 0 Å². The van der Waals surface area contributed by atoms with Crippen molar-refractivity contribution < 1.29 is 17.6 Å². The average Bonchev–Trinajstić information content (AvgIpc) is 3.29. The number of hydrogen-bond donors (Lipinski definition) is 2. The van der Waals surface area contributed by atoms with Crippen LogP contribution in [0.15, 0.2) is 83.8 Å². The van der Waals surface area contributed by atoms with E-state index in [4.69, 9.17) is 0 Å². The van der Waals surface area contributed by atoms with E-state index in [1.807, 2.05) is 18.2 Å². The van der Waals surface area contributed by atoms with E-state index in [2.05, 4.69) is 27.1 Å². The molecule has 0 saturated carbocycles. The maximum absolute atomic E-state index is 13.8. The fraction of sp³-hybridized carbons (Fsp3) is 0.208. The molecule has 1 aliphatic rings. The Kier molecular flexibility index (Phi) is 6.41. The molecule has 1 unspecified atom stereocenters. The van der Waals surface area contributed by atoms with Crippen molar-refractivity contribution in [3.8, 4) is 0 Å². The van der Waals surface area contributed by atoms with Crippen molar-refractivity contribution >= 4 is 27.3 Å². The molecule has 1 atom stereocenters. The normalized spacial score (nSPS) is 16.0. The molecule has 32 heavy (non-hydrogen) atoms. The lowest BCUT2D eigenvalue weighted by atomic mass is 10.1. The van der Waals surface area contributed by atoms with Gasteiger partial charge in [0.2, 0.25) is 0 Å². The highest BCUT2D eigenvalue weighted by Crippen LogP contribution is 2.23. The van der Waals surface area contributed by atoms with Crippen molar-refractivity contribution in [1.82, 2.24) is 5.32 Å². The van der Waals surface area contributed by atoms with Gasteiger partial charge in [-0.3, -0.25) is 9.52 Å². The summed E-state index contributed by atoms with van der Waals surface area (Å²) in [7, 11) is -4.04. The molecule has 2 N–H and O–H groups in total. The molecule has 0 aliphatic carbocycles. The molecule has 0 spiro atoms. The second-order valence-corrected chi connectivity index (χ2v) is 9.44. The number of halogens is 1. The van der Waals surface area contributed by atoms with E-state index in [-0.39, 0.29) is 22.1 Å². The van der Waals surface area contributed by atoms with Crippen molar-refractivity contribution in [3.05, 3.63) is 90.2 Å². The van der Waals surface area contributed by atoms with Crippen molar-refractivity contribution in [1.29, 1.82) is 0 Å². The van der Waals surface area contributed by atoms with Gasteiger partial charge in [-0.05, 0) is 54.8 Å². The Balaban J connectivity index is 1.38. The summed E-state index contributed by atoms with van der Waals surface area (Å²) in [5, 5.41) is 2.91. The van der Waals surface area contributed by atoms with E-state index in [0.29, 0.717) is 12.5 Å². The molecular formula is C24H24FN3O3S. The third-order valence-electron chi connectivity index (χ3n) is 5.48. The predicted molar refractivity (Wildman–Crippen MR) is 123 cm³/mol. The van der Waals surface area contributed by atoms with Crippen molar-refractivity contribution in [3.63, 3.8) is 0 Å². The van der Waals surface area contributed by atoms with E-state index in [1.165, 1.54) is 48.2 Å². The molecule has 166 valence electrons. The molecular weight excluding hydrogens is 429 g/mol. The van der Waals surface area contributed by atoms with Gasteiger partial charge in [-0.1, -0.05) is 36.4 Å². The molecule has 3 aromatic rings. The fourth-order valence-corrected chi connectivity index (χ4v) is 4.88. The molecule has 0 aromatic heterocycles. The quantitative estimate of drug-likeness (QED) is 0.569. The van der Waals surface area contributed by atoms with Gasteiger partial charge < -0.3 is 10.2 Å². The zero-order chi connectivity index (χ0) is 22.6. The molecule has 4 rings (SSSR count). The molecule has 3 aromatic carbocycles. The third kappa shape index (κ3) is 5.08. The second-order valence-electron chi connectivity index (χ2n) is 7.76. The minimum atomic E-state index is -4.04. The number of nitrogens with one attached hydrogen (secondary N) is 2. The Labute approximate surface area is 187 Å². The van der Waals surface area contributed by atoms with E-state index in [0.717, 1.165) is 19.5 Å². The van der Waals surface area contributed by atoms with Crippen LogP contribution < -0.4 is 14.9 Å². The monoisotopic (exact) mass is 453 g/mol. The highest BCUT2D eigenvalue weighted by atomic mass is 32.2. The number of amides is 1. The number of sulfonamides is 1. The van der Waals surface area contributed by atoms with Crippen LogP contribution in [0, 0.1) is 11.7 Å². The van der Waals surface area contributed by atoms with Crippen LogP contribution in [-0.2, 0) is 10.0 Å². The largest absolute Gasteiger partial charge is 0.371 e. The average molecular weight is 454 g/mol. The third-order valence-corrected chi connectivity index (χ3v) is 6.85. The highest BCUT2D eigenvalue weighted by Gasteiger charge is 2.23. The summed E-state index contributed by atoms with van der Waals surface area (Å²) >= 11 is 0. The van der Waals surface area contributed by atoms with Crippen molar-refractivity contribution in [2.45, 2.75) is 11.3 Å². The first-order valence-corrected chi connectivity index (χ1v) is 11.9. The van der Waals surface area contributed by atoms with Gasteiger partial charge in [-0.2, -0.15) is 0 Å². The van der Waals surface area contributed by atoms with Gasteiger partial charge in [-0.15, -0.1) is 0 Å². The number of rotatable bonds is 7. The summed E-state index contributed by atoms with van der Waals surface area (Å²) in [6, 6.07) is 21.4. The number of hydrogen-bond acceptors (Lipinski definition) is 4. The Hall–Kier alpha value is -3.39. The number of benzene rings is 3. The SMILES string of the molecule is O=C(NCC1CCN(c2ccccc2)C1)c1cccc(S(=O)(=O)Nc2ccccc2F)c1. The van der Waals surface area contributed by atoms with Gasteiger partial charge in [0, 0.05) is 30.9 Å². The maximum Gasteiger partial charge on any atom is 0.262 e. The van der Waals surface area contributed by atoms with Crippen molar-refractivity contribution in [2.24, 2.45) is 5.92 Å². The maximum atomic E-state index is 13.8. The Morgan fingerprint density at radius 3 is 2.53 bits per heavy atom. The lowest BCUT2D eigenvalue weighted by Crippen LogP contribution is -2.31. The number of carbonyl (C=O) groups excluding carboxylic acids is 1. The van der Waals surface area contributed by atoms with Gasteiger partial charge in [0.15, 0.2) is 0 Å². The van der Waals surface area contributed by atoms with Gasteiger partial charge in [0.1, 0.15) is 5.82 Å². The van der Waals surface area contributed by atoms with Crippen LogP contribution in [0.5, 0.6) is 0 Å². The Morgan fingerprint density at radius 1 is 1.00 bits per heavy atom. The van der Waals surface area contributed by atoms with Crippen LogP contribution in [0.2, 0.25) is 0 Å².